The molecule has 2 saturated carbocycles. The highest BCUT2D eigenvalue weighted by molar-refractivity contribution is 5.46. The fourth-order valence-electron chi connectivity index (χ4n) is 2.84. The Labute approximate surface area is 125 Å². The Morgan fingerprint density at radius 3 is 1.85 bits per heavy atom. The van der Waals surface area contributed by atoms with Crippen LogP contribution in [0, 0.1) is 11.8 Å². The summed E-state index contributed by atoms with van der Waals surface area (Å²) in [6.45, 7) is 8.73. The highest BCUT2D eigenvalue weighted by Gasteiger charge is 2.18. The van der Waals surface area contributed by atoms with Gasteiger partial charge in [-0.15, -0.1) is 0 Å². The predicted molar refractivity (Wildman–Crippen MR) is 85.6 cm³/mol. The van der Waals surface area contributed by atoms with Gasteiger partial charge in [0.2, 0.25) is 6.41 Å². The van der Waals surface area contributed by atoms with E-state index in [0.717, 1.165) is 37.5 Å². The molecule has 2 fully saturated rings. The Kier molecular flexibility index (Phi) is 11.8. The summed E-state index contributed by atoms with van der Waals surface area (Å²) in [5.74, 6) is 2.04. The molecule has 2 aliphatic carbocycles. The smallest absolute Gasteiger partial charge is 0.207 e. The van der Waals surface area contributed by atoms with Crippen molar-refractivity contribution in [2.45, 2.75) is 91.2 Å². The van der Waals surface area contributed by atoms with Crippen LogP contribution in [0.2, 0.25) is 0 Å². The lowest BCUT2D eigenvalue weighted by Gasteiger charge is -2.24. The standard InChI is InChI=1S/C8H16.C7H13NO2.C2H6/c1-7-3-5-8(2)6-4-7;9-5-8-6-2-1-3-7(10)4-6;1-2/h7-8H,3-6H2,1-2H3;5-7,10H,1-4H2,(H,8,9);1-2H3. The second-order valence-corrected chi connectivity index (χ2v) is 6.17. The number of aliphatic hydroxyl groups is 1. The van der Waals surface area contributed by atoms with Gasteiger partial charge in [-0.2, -0.15) is 0 Å². The maximum Gasteiger partial charge on any atom is 0.207 e. The molecule has 0 aromatic rings. The molecule has 20 heavy (non-hydrogen) atoms. The summed E-state index contributed by atoms with van der Waals surface area (Å²) < 4.78 is 0. The van der Waals surface area contributed by atoms with E-state index in [1.165, 1.54) is 25.7 Å². The molecule has 0 aliphatic heterocycles. The summed E-state index contributed by atoms with van der Waals surface area (Å²) in [5, 5.41) is 11.8. The molecular weight excluding hydrogens is 250 g/mol. The van der Waals surface area contributed by atoms with Crippen LogP contribution in [0.3, 0.4) is 0 Å². The molecule has 0 aromatic heterocycles. The second-order valence-electron chi connectivity index (χ2n) is 6.17. The molecule has 2 aliphatic rings. The van der Waals surface area contributed by atoms with Gasteiger partial charge in [-0.25, -0.2) is 0 Å². The molecule has 3 nitrogen and oxygen atoms in total. The number of aliphatic hydroxyl groups excluding tert-OH is 1. The lowest BCUT2D eigenvalue weighted by atomic mass is 9.84. The molecule has 0 heterocycles. The van der Waals surface area contributed by atoms with E-state index in [1.807, 2.05) is 13.8 Å². The first-order chi connectivity index (χ1) is 9.61. The SMILES string of the molecule is CC.CC1CCC(C)CC1.O=CNC1CCCC(O)C1. The molecule has 0 aromatic carbocycles. The van der Waals surface area contributed by atoms with Gasteiger partial charge in [0.05, 0.1) is 6.10 Å². The topological polar surface area (TPSA) is 49.3 Å². The van der Waals surface area contributed by atoms with E-state index < -0.39 is 0 Å². The summed E-state index contributed by atoms with van der Waals surface area (Å²) in [7, 11) is 0. The Balaban J connectivity index is 0.000000327. The second kappa shape index (κ2) is 12.2. The van der Waals surface area contributed by atoms with Crippen LogP contribution in [0.1, 0.15) is 79.1 Å². The minimum absolute atomic E-state index is 0.203. The first-order valence-electron chi connectivity index (χ1n) is 8.49. The highest BCUT2D eigenvalue weighted by Crippen LogP contribution is 2.27. The first-order valence-corrected chi connectivity index (χ1v) is 8.49. The molecule has 0 spiro atoms. The van der Waals surface area contributed by atoms with Crippen LogP contribution >= 0.6 is 0 Å². The molecular formula is C17H35NO2. The Morgan fingerprint density at radius 2 is 1.45 bits per heavy atom. The van der Waals surface area contributed by atoms with E-state index in [4.69, 9.17) is 5.11 Å². The number of carbonyl (C=O) groups excluding carboxylic acids is 1. The van der Waals surface area contributed by atoms with Crippen molar-refractivity contribution < 1.29 is 9.90 Å². The molecule has 2 N–H and O–H groups in total. The van der Waals surface area contributed by atoms with Crippen LogP contribution in [0.25, 0.3) is 0 Å². The fraction of sp³-hybridized carbons (Fsp3) is 0.941. The number of rotatable bonds is 2. The lowest BCUT2D eigenvalue weighted by molar-refractivity contribution is -0.110. The van der Waals surface area contributed by atoms with Crippen LogP contribution < -0.4 is 5.32 Å². The molecule has 2 rings (SSSR count). The van der Waals surface area contributed by atoms with Gasteiger partial charge in [0.1, 0.15) is 0 Å². The maximum atomic E-state index is 9.99. The van der Waals surface area contributed by atoms with Crippen LogP contribution in [-0.4, -0.2) is 23.7 Å². The van der Waals surface area contributed by atoms with Crippen molar-refractivity contribution in [3.8, 4) is 0 Å². The number of amides is 1. The molecule has 3 heteroatoms. The molecule has 1 amide bonds. The Bertz CT molecular complexity index is 215. The molecule has 120 valence electrons. The minimum Gasteiger partial charge on any atom is -0.393 e. The van der Waals surface area contributed by atoms with Gasteiger partial charge in [-0.1, -0.05) is 53.4 Å². The maximum absolute atomic E-state index is 9.99. The monoisotopic (exact) mass is 285 g/mol. The van der Waals surface area contributed by atoms with Crippen LogP contribution in [0.5, 0.6) is 0 Å². The Morgan fingerprint density at radius 1 is 0.950 bits per heavy atom. The zero-order valence-electron chi connectivity index (χ0n) is 13.9. The largest absolute Gasteiger partial charge is 0.393 e. The predicted octanol–water partition coefficient (Wildman–Crippen LogP) is 3.89. The zero-order valence-corrected chi connectivity index (χ0v) is 13.9. The van der Waals surface area contributed by atoms with E-state index in [9.17, 15) is 4.79 Å². The summed E-state index contributed by atoms with van der Waals surface area (Å²) in [6.07, 6.45) is 10.0. The quantitative estimate of drug-likeness (QED) is 0.756. The van der Waals surface area contributed by atoms with Crippen molar-refractivity contribution in [1.82, 2.24) is 5.32 Å². The van der Waals surface area contributed by atoms with E-state index in [2.05, 4.69) is 19.2 Å². The highest BCUT2D eigenvalue weighted by atomic mass is 16.3. The first kappa shape index (κ1) is 19.4. The fourth-order valence-corrected chi connectivity index (χ4v) is 2.84. The number of hydrogen-bond acceptors (Lipinski definition) is 2. The van der Waals surface area contributed by atoms with Crippen LogP contribution in [-0.2, 0) is 4.79 Å². The van der Waals surface area contributed by atoms with Crippen molar-refractivity contribution in [3.63, 3.8) is 0 Å². The van der Waals surface area contributed by atoms with Crippen molar-refractivity contribution in [3.05, 3.63) is 0 Å². The van der Waals surface area contributed by atoms with Crippen molar-refractivity contribution in [2.24, 2.45) is 11.8 Å². The molecule has 2 unspecified atom stereocenters. The summed E-state index contributed by atoms with van der Waals surface area (Å²) in [4.78, 5) is 9.99. The lowest BCUT2D eigenvalue weighted by Crippen LogP contribution is -2.34. The van der Waals surface area contributed by atoms with Crippen molar-refractivity contribution >= 4 is 6.41 Å². The van der Waals surface area contributed by atoms with Gasteiger partial charge in [0.25, 0.3) is 0 Å². The van der Waals surface area contributed by atoms with Crippen molar-refractivity contribution in [1.29, 1.82) is 0 Å². The van der Waals surface area contributed by atoms with Crippen LogP contribution in [0.4, 0.5) is 0 Å². The normalized spacial score (nSPS) is 32.9. The zero-order chi connectivity index (χ0) is 15.4. The number of hydrogen-bond donors (Lipinski definition) is 2. The molecule has 0 radical (unpaired) electrons. The van der Waals surface area contributed by atoms with Gasteiger partial charge < -0.3 is 10.4 Å². The van der Waals surface area contributed by atoms with Gasteiger partial charge in [-0.05, 0) is 37.5 Å². The van der Waals surface area contributed by atoms with Crippen LogP contribution in [0.15, 0.2) is 0 Å². The Hall–Kier alpha value is -0.570. The third-order valence-electron chi connectivity index (χ3n) is 4.25. The molecule has 0 saturated heterocycles. The van der Waals surface area contributed by atoms with Gasteiger partial charge in [-0.3, -0.25) is 4.79 Å². The third kappa shape index (κ3) is 9.35. The van der Waals surface area contributed by atoms with E-state index >= 15 is 0 Å². The average molecular weight is 285 g/mol. The number of nitrogens with one attached hydrogen (secondary N) is 1. The van der Waals surface area contributed by atoms with Crippen molar-refractivity contribution in [2.75, 3.05) is 0 Å². The summed E-state index contributed by atoms with van der Waals surface area (Å²) >= 11 is 0. The van der Waals surface area contributed by atoms with Gasteiger partial charge in [0, 0.05) is 6.04 Å². The van der Waals surface area contributed by atoms with E-state index in [1.54, 1.807) is 0 Å². The average Bonchev–Trinajstić information content (AvgIpc) is 2.46. The number of carbonyl (C=O) groups is 1. The van der Waals surface area contributed by atoms with Gasteiger partial charge in [0.15, 0.2) is 0 Å². The molecule has 0 bridgehead atoms. The molecule has 2 atom stereocenters. The minimum atomic E-state index is -0.203. The van der Waals surface area contributed by atoms with E-state index in [-0.39, 0.29) is 12.1 Å². The van der Waals surface area contributed by atoms with E-state index in [0.29, 0.717) is 6.41 Å². The summed E-state index contributed by atoms with van der Waals surface area (Å²) in [6, 6.07) is 0.209. The third-order valence-corrected chi connectivity index (χ3v) is 4.25. The van der Waals surface area contributed by atoms with Gasteiger partial charge >= 0.3 is 0 Å². The summed E-state index contributed by atoms with van der Waals surface area (Å²) in [5.41, 5.74) is 0.